The van der Waals surface area contributed by atoms with E-state index in [9.17, 15) is 0 Å². The van der Waals surface area contributed by atoms with Crippen LogP contribution in [0.15, 0.2) is 18.5 Å². The fourth-order valence-corrected chi connectivity index (χ4v) is 1.27. The molecule has 0 atom stereocenters. The first-order chi connectivity index (χ1) is 5.27. The van der Waals surface area contributed by atoms with Crippen molar-refractivity contribution in [3.05, 3.63) is 23.5 Å². The molecule has 4 heteroatoms. The average molecular weight is 164 g/mol. The fourth-order valence-electron chi connectivity index (χ4n) is 1.11. The summed E-state index contributed by atoms with van der Waals surface area (Å²) in [6.07, 6.45) is 3.56. The molecule has 11 heavy (non-hydrogen) atoms. The molecule has 2 heterocycles. The number of nitrogens with zero attached hydrogens (tertiary/aromatic N) is 1. The summed E-state index contributed by atoms with van der Waals surface area (Å²) in [5.74, 6) is 0. The summed E-state index contributed by atoms with van der Waals surface area (Å²) in [4.78, 5) is 7.16. The lowest BCUT2D eigenvalue weighted by molar-refractivity contribution is 1.33. The molecule has 2 aromatic rings. The van der Waals surface area contributed by atoms with Crippen LogP contribution in [0.25, 0.3) is 11.0 Å². The van der Waals surface area contributed by atoms with Gasteiger partial charge in [-0.15, -0.1) is 0 Å². The van der Waals surface area contributed by atoms with Gasteiger partial charge in [0.05, 0.1) is 5.02 Å². The molecule has 2 aromatic heterocycles. The molecule has 0 fully saturated rings. The standard InChI is InChI=1S/C7H6BClN2/c8-6-3-11-7-5(6)1-4(9)2-10-7/h1-3H,8H2,(H,10,11). The summed E-state index contributed by atoms with van der Waals surface area (Å²) in [5, 5.41) is 1.78. The minimum Gasteiger partial charge on any atom is -0.347 e. The van der Waals surface area contributed by atoms with Crippen LogP contribution in [0, 0.1) is 0 Å². The Bertz CT molecular complexity index is 396. The van der Waals surface area contributed by atoms with Gasteiger partial charge in [-0.1, -0.05) is 17.1 Å². The molecule has 0 saturated heterocycles. The van der Waals surface area contributed by atoms with E-state index < -0.39 is 0 Å². The van der Waals surface area contributed by atoms with Crippen LogP contribution >= 0.6 is 11.6 Å². The minimum atomic E-state index is 0.681. The quantitative estimate of drug-likeness (QED) is 0.564. The Hall–Kier alpha value is -0.955. The van der Waals surface area contributed by atoms with Crippen molar-refractivity contribution in [1.29, 1.82) is 0 Å². The van der Waals surface area contributed by atoms with Crippen LogP contribution in [0.2, 0.25) is 5.02 Å². The third-order valence-electron chi connectivity index (χ3n) is 1.70. The van der Waals surface area contributed by atoms with Gasteiger partial charge in [-0.25, -0.2) is 4.98 Å². The Morgan fingerprint density at radius 1 is 1.55 bits per heavy atom. The molecule has 0 saturated carbocycles. The van der Waals surface area contributed by atoms with Gasteiger partial charge in [0.15, 0.2) is 0 Å². The summed E-state index contributed by atoms with van der Waals surface area (Å²) in [6.45, 7) is 0. The highest BCUT2D eigenvalue weighted by Gasteiger charge is 1.99. The molecule has 54 valence electrons. The second kappa shape index (κ2) is 2.27. The zero-order chi connectivity index (χ0) is 7.84. The lowest BCUT2D eigenvalue weighted by atomic mass is 9.97. The first-order valence-corrected chi connectivity index (χ1v) is 3.74. The van der Waals surface area contributed by atoms with Crippen molar-refractivity contribution in [3.8, 4) is 0 Å². The van der Waals surface area contributed by atoms with Gasteiger partial charge in [0.1, 0.15) is 13.5 Å². The molecular formula is C7H6BClN2. The number of aromatic amines is 1. The highest BCUT2D eigenvalue weighted by atomic mass is 35.5. The van der Waals surface area contributed by atoms with E-state index >= 15 is 0 Å². The number of hydrogen-bond acceptors (Lipinski definition) is 1. The Morgan fingerprint density at radius 2 is 2.36 bits per heavy atom. The predicted molar refractivity (Wildman–Crippen MR) is 49.3 cm³/mol. The molecule has 0 aliphatic heterocycles. The summed E-state index contributed by atoms with van der Waals surface area (Å²) in [7, 11) is 2.02. The largest absolute Gasteiger partial charge is 0.347 e. The summed E-state index contributed by atoms with van der Waals surface area (Å²) < 4.78 is 0. The second-order valence-electron chi connectivity index (χ2n) is 2.52. The van der Waals surface area contributed by atoms with Crippen LogP contribution < -0.4 is 5.46 Å². The Balaban J connectivity index is 2.87. The number of rotatable bonds is 0. The van der Waals surface area contributed by atoms with Crippen LogP contribution in [0.4, 0.5) is 0 Å². The minimum absolute atomic E-state index is 0.681. The van der Waals surface area contributed by atoms with Crippen molar-refractivity contribution in [2.45, 2.75) is 0 Å². The van der Waals surface area contributed by atoms with E-state index in [2.05, 4.69) is 9.97 Å². The number of fused-ring (bicyclic) bond motifs is 1. The second-order valence-corrected chi connectivity index (χ2v) is 2.96. The van der Waals surface area contributed by atoms with Crippen molar-refractivity contribution in [2.24, 2.45) is 0 Å². The van der Waals surface area contributed by atoms with Gasteiger partial charge in [-0.3, -0.25) is 0 Å². The van der Waals surface area contributed by atoms with Crippen molar-refractivity contribution in [3.63, 3.8) is 0 Å². The maximum absolute atomic E-state index is 5.77. The molecule has 2 rings (SSSR count). The zero-order valence-corrected chi connectivity index (χ0v) is 6.81. The highest BCUT2D eigenvalue weighted by molar-refractivity contribution is 6.39. The topological polar surface area (TPSA) is 28.7 Å². The Kier molecular flexibility index (Phi) is 1.39. The van der Waals surface area contributed by atoms with E-state index in [0.29, 0.717) is 5.02 Å². The monoisotopic (exact) mass is 164 g/mol. The Labute approximate surface area is 70.0 Å². The number of aromatic nitrogens is 2. The summed E-state index contributed by atoms with van der Waals surface area (Å²) >= 11 is 5.77. The first-order valence-electron chi connectivity index (χ1n) is 3.36. The van der Waals surface area contributed by atoms with E-state index in [-0.39, 0.29) is 0 Å². The number of hydrogen-bond donors (Lipinski definition) is 1. The van der Waals surface area contributed by atoms with Gasteiger partial charge in [-0.05, 0) is 12.3 Å². The van der Waals surface area contributed by atoms with E-state index in [1.807, 2.05) is 20.1 Å². The van der Waals surface area contributed by atoms with Crippen LogP contribution in [-0.4, -0.2) is 17.8 Å². The van der Waals surface area contributed by atoms with E-state index in [4.69, 9.17) is 11.6 Å². The molecular weight excluding hydrogens is 158 g/mol. The van der Waals surface area contributed by atoms with Gasteiger partial charge in [0, 0.05) is 11.6 Å². The molecule has 0 aromatic carbocycles. The SMILES string of the molecule is Bc1c[nH]c2ncc(Cl)cc12. The molecule has 0 unspecified atom stereocenters. The van der Waals surface area contributed by atoms with E-state index in [1.165, 1.54) is 5.46 Å². The third-order valence-corrected chi connectivity index (χ3v) is 1.91. The number of pyridine rings is 1. The molecule has 2 nitrogen and oxygen atoms in total. The zero-order valence-electron chi connectivity index (χ0n) is 6.06. The maximum atomic E-state index is 5.77. The van der Waals surface area contributed by atoms with E-state index in [0.717, 1.165) is 11.0 Å². The van der Waals surface area contributed by atoms with Gasteiger partial charge >= 0.3 is 0 Å². The molecule has 0 aliphatic carbocycles. The molecule has 0 radical (unpaired) electrons. The normalized spacial score (nSPS) is 10.6. The summed E-state index contributed by atoms with van der Waals surface area (Å²) in [5.41, 5.74) is 2.07. The fraction of sp³-hybridized carbons (Fsp3) is 0. The summed E-state index contributed by atoms with van der Waals surface area (Å²) in [6, 6.07) is 1.91. The van der Waals surface area contributed by atoms with Gasteiger partial charge in [0.25, 0.3) is 0 Å². The van der Waals surface area contributed by atoms with Crippen LogP contribution in [0.5, 0.6) is 0 Å². The first kappa shape index (κ1) is 6.74. The van der Waals surface area contributed by atoms with E-state index in [1.54, 1.807) is 6.20 Å². The van der Waals surface area contributed by atoms with Crippen molar-refractivity contribution < 1.29 is 0 Å². The lowest BCUT2D eigenvalue weighted by Gasteiger charge is -1.90. The molecule has 0 amide bonds. The van der Waals surface area contributed by atoms with Crippen molar-refractivity contribution in [1.82, 2.24) is 9.97 Å². The molecule has 0 aliphatic rings. The van der Waals surface area contributed by atoms with Gasteiger partial charge < -0.3 is 4.98 Å². The lowest BCUT2D eigenvalue weighted by Crippen LogP contribution is -1.96. The van der Waals surface area contributed by atoms with Crippen molar-refractivity contribution in [2.75, 3.05) is 0 Å². The smallest absolute Gasteiger partial charge is 0.142 e. The third kappa shape index (κ3) is 1.01. The van der Waals surface area contributed by atoms with Gasteiger partial charge in [-0.2, -0.15) is 0 Å². The number of nitrogens with one attached hydrogen (secondary N) is 1. The van der Waals surface area contributed by atoms with Crippen LogP contribution in [0.1, 0.15) is 0 Å². The predicted octanol–water partition coefficient (Wildman–Crippen LogP) is 0.475. The highest BCUT2D eigenvalue weighted by Crippen LogP contribution is 2.12. The Morgan fingerprint density at radius 3 is 3.18 bits per heavy atom. The number of H-pyrrole nitrogens is 1. The van der Waals surface area contributed by atoms with Gasteiger partial charge in [0.2, 0.25) is 0 Å². The van der Waals surface area contributed by atoms with Crippen LogP contribution in [0.3, 0.4) is 0 Å². The maximum Gasteiger partial charge on any atom is 0.142 e. The number of halogens is 1. The molecule has 0 spiro atoms. The van der Waals surface area contributed by atoms with Crippen LogP contribution in [-0.2, 0) is 0 Å². The molecule has 0 bridgehead atoms. The average Bonchev–Trinajstić information content (AvgIpc) is 2.33. The van der Waals surface area contributed by atoms with Crippen molar-refractivity contribution >= 4 is 35.9 Å². The molecule has 1 N–H and O–H groups in total.